The van der Waals surface area contributed by atoms with Crippen molar-refractivity contribution in [2.75, 3.05) is 18.5 Å². The fourth-order valence-electron chi connectivity index (χ4n) is 2.60. The number of carbonyl (C=O) groups excluding carboxylic acids is 1. The van der Waals surface area contributed by atoms with Crippen molar-refractivity contribution in [3.63, 3.8) is 0 Å². The summed E-state index contributed by atoms with van der Waals surface area (Å²) in [5.74, 6) is -0.103. The van der Waals surface area contributed by atoms with Crippen LogP contribution in [-0.4, -0.2) is 24.1 Å². The molecule has 1 aromatic carbocycles. The Labute approximate surface area is 152 Å². The minimum atomic E-state index is -0.302. The van der Waals surface area contributed by atoms with Crippen LogP contribution in [0.2, 0.25) is 0 Å². The van der Waals surface area contributed by atoms with Crippen LogP contribution >= 0.6 is 22.7 Å². The zero-order valence-electron chi connectivity index (χ0n) is 13.8. The van der Waals surface area contributed by atoms with E-state index in [0.29, 0.717) is 13.2 Å². The fraction of sp³-hybridized carbons (Fsp3) is 0.222. The summed E-state index contributed by atoms with van der Waals surface area (Å²) in [6.07, 6.45) is 1.36. The summed E-state index contributed by atoms with van der Waals surface area (Å²) >= 11 is 3.18. The molecule has 1 N–H and O–H groups in total. The molecule has 0 radical (unpaired) electrons. The summed E-state index contributed by atoms with van der Waals surface area (Å²) in [5.41, 5.74) is 3.08. The van der Waals surface area contributed by atoms with Crippen LogP contribution in [-0.2, 0) is 14.3 Å². The van der Waals surface area contributed by atoms with E-state index in [1.165, 1.54) is 6.26 Å². The molecule has 0 atom stereocenters. The van der Waals surface area contributed by atoms with Crippen molar-refractivity contribution in [3.8, 4) is 10.6 Å². The molecule has 0 saturated heterocycles. The van der Waals surface area contributed by atoms with Crippen molar-refractivity contribution in [2.24, 2.45) is 0 Å². The van der Waals surface area contributed by atoms with Gasteiger partial charge in [0.05, 0.1) is 10.2 Å². The fourth-order valence-corrected chi connectivity index (χ4v) is 4.80. The second kappa shape index (κ2) is 6.50. The van der Waals surface area contributed by atoms with Crippen LogP contribution in [0.3, 0.4) is 0 Å². The Morgan fingerprint density at radius 1 is 1.20 bits per heavy atom. The van der Waals surface area contributed by atoms with Crippen LogP contribution in [0.1, 0.15) is 10.4 Å². The van der Waals surface area contributed by atoms with E-state index < -0.39 is 0 Å². The first-order valence-corrected chi connectivity index (χ1v) is 9.48. The van der Waals surface area contributed by atoms with Gasteiger partial charge in [0.25, 0.3) is 5.91 Å². The normalized spacial score (nSPS) is 13.9. The highest BCUT2D eigenvalue weighted by Crippen LogP contribution is 2.43. The number of nitrogens with zero attached hydrogens (tertiary/aromatic N) is 1. The van der Waals surface area contributed by atoms with E-state index in [0.717, 1.165) is 36.2 Å². The van der Waals surface area contributed by atoms with Gasteiger partial charge in [0.1, 0.15) is 29.5 Å². The van der Waals surface area contributed by atoms with E-state index in [9.17, 15) is 4.79 Å². The molecule has 1 aliphatic rings. The van der Waals surface area contributed by atoms with E-state index in [2.05, 4.69) is 18.3 Å². The second-order valence-corrected chi connectivity index (χ2v) is 7.88. The first kappa shape index (κ1) is 16.1. The van der Waals surface area contributed by atoms with Crippen LogP contribution in [0.25, 0.3) is 20.8 Å². The van der Waals surface area contributed by atoms with Gasteiger partial charge in [-0.25, -0.2) is 4.98 Å². The molecule has 0 spiro atoms. The van der Waals surface area contributed by atoms with Gasteiger partial charge in [-0.15, -0.1) is 22.7 Å². The number of thiazole rings is 1. The van der Waals surface area contributed by atoms with Crippen LogP contribution in [0.15, 0.2) is 36.3 Å². The lowest BCUT2D eigenvalue weighted by Gasteiger charge is -2.15. The summed E-state index contributed by atoms with van der Waals surface area (Å²) in [4.78, 5) is 18.3. The quantitative estimate of drug-likeness (QED) is 0.737. The molecule has 0 aliphatic carbocycles. The molecule has 4 rings (SSSR count). The lowest BCUT2D eigenvalue weighted by molar-refractivity contribution is -0.117. The predicted molar refractivity (Wildman–Crippen MR) is 101 cm³/mol. The van der Waals surface area contributed by atoms with Crippen molar-refractivity contribution in [3.05, 3.63) is 46.7 Å². The minimum absolute atomic E-state index is 0.199. The SMILES string of the molecule is Cc1sc(NC(=O)C2=COCCO2)c(-c2nc3ccccc3s2)c1C. The lowest BCUT2D eigenvalue weighted by atomic mass is 10.1. The summed E-state index contributed by atoms with van der Waals surface area (Å²) in [6.45, 7) is 4.95. The van der Waals surface area contributed by atoms with E-state index in [1.807, 2.05) is 25.1 Å². The third-order valence-electron chi connectivity index (χ3n) is 3.99. The summed E-state index contributed by atoms with van der Waals surface area (Å²) in [6, 6.07) is 8.04. The molecule has 0 saturated carbocycles. The largest absolute Gasteiger partial charge is 0.494 e. The summed E-state index contributed by atoms with van der Waals surface area (Å²) in [7, 11) is 0. The number of carbonyl (C=O) groups is 1. The van der Waals surface area contributed by atoms with Gasteiger partial charge in [0, 0.05) is 10.4 Å². The minimum Gasteiger partial charge on any atom is -0.494 e. The number of aromatic nitrogens is 1. The van der Waals surface area contributed by atoms with Gasteiger partial charge in [0.15, 0.2) is 0 Å². The molecule has 5 nitrogen and oxygen atoms in total. The molecular formula is C18H16N2O3S2. The average molecular weight is 372 g/mol. The lowest BCUT2D eigenvalue weighted by Crippen LogP contribution is -2.20. The number of benzene rings is 1. The zero-order chi connectivity index (χ0) is 17.4. The van der Waals surface area contributed by atoms with Crippen LogP contribution < -0.4 is 5.32 Å². The molecule has 1 aliphatic heterocycles. The first-order chi connectivity index (χ1) is 12.1. The smallest absolute Gasteiger partial charge is 0.294 e. The molecule has 1 amide bonds. The van der Waals surface area contributed by atoms with Crippen molar-refractivity contribution in [1.29, 1.82) is 0 Å². The molecule has 7 heteroatoms. The Kier molecular flexibility index (Phi) is 4.19. The van der Waals surface area contributed by atoms with Crippen molar-refractivity contribution in [1.82, 2.24) is 4.98 Å². The Bertz CT molecular complexity index is 955. The Hall–Kier alpha value is -2.38. The maximum atomic E-state index is 12.4. The number of anilines is 1. The van der Waals surface area contributed by atoms with Gasteiger partial charge in [-0.2, -0.15) is 0 Å². The number of para-hydroxylation sites is 1. The van der Waals surface area contributed by atoms with Crippen molar-refractivity contribution in [2.45, 2.75) is 13.8 Å². The number of ether oxygens (including phenoxy) is 2. The van der Waals surface area contributed by atoms with E-state index in [1.54, 1.807) is 22.7 Å². The van der Waals surface area contributed by atoms with Crippen LogP contribution in [0, 0.1) is 13.8 Å². The number of thiophene rings is 1. The molecule has 0 bridgehead atoms. The van der Waals surface area contributed by atoms with E-state index in [4.69, 9.17) is 14.5 Å². The Morgan fingerprint density at radius 3 is 2.80 bits per heavy atom. The third kappa shape index (κ3) is 3.01. The highest BCUT2D eigenvalue weighted by Gasteiger charge is 2.22. The van der Waals surface area contributed by atoms with Gasteiger partial charge < -0.3 is 14.8 Å². The van der Waals surface area contributed by atoms with Gasteiger partial charge in [-0.1, -0.05) is 12.1 Å². The summed E-state index contributed by atoms with van der Waals surface area (Å²) < 4.78 is 11.7. The molecule has 128 valence electrons. The monoisotopic (exact) mass is 372 g/mol. The topological polar surface area (TPSA) is 60.5 Å². The molecule has 25 heavy (non-hydrogen) atoms. The van der Waals surface area contributed by atoms with Crippen LogP contribution in [0.4, 0.5) is 5.00 Å². The maximum absolute atomic E-state index is 12.4. The van der Waals surface area contributed by atoms with Gasteiger partial charge in [-0.3, -0.25) is 4.79 Å². The number of fused-ring (bicyclic) bond motifs is 1. The highest BCUT2D eigenvalue weighted by atomic mass is 32.1. The van der Waals surface area contributed by atoms with Gasteiger partial charge >= 0.3 is 0 Å². The molecule has 3 heterocycles. The Balaban J connectivity index is 1.73. The number of rotatable bonds is 3. The van der Waals surface area contributed by atoms with Crippen molar-refractivity contribution < 1.29 is 14.3 Å². The zero-order valence-corrected chi connectivity index (χ0v) is 15.4. The summed E-state index contributed by atoms with van der Waals surface area (Å²) in [5, 5.41) is 4.65. The maximum Gasteiger partial charge on any atom is 0.294 e. The molecule has 0 unspecified atom stereocenters. The molecule has 0 fully saturated rings. The molecular weight excluding hydrogens is 356 g/mol. The number of amides is 1. The van der Waals surface area contributed by atoms with Crippen molar-refractivity contribution >= 4 is 43.8 Å². The molecule has 3 aromatic rings. The second-order valence-electron chi connectivity index (χ2n) is 5.63. The third-order valence-corrected chi connectivity index (χ3v) is 6.17. The van der Waals surface area contributed by atoms with Gasteiger partial charge in [0.2, 0.25) is 5.76 Å². The number of nitrogens with one attached hydrogen (secondary N) is 1. The standard InChI is InChI=1S/C18H16N2O3S2/c1-10-11(2)24-18(20-16(21)13-9-22-7-8-23-13)15(10)17-19-12-5-3-4-6-14(12)25-17/h3-6,9H,7-8H2,1-2H3,(H,20,21). The molecule has 2 aromatic heterocycles. The number of hydrogen-bond acceptors (Lipinski definition) is 6. The van der Waals surface area contributed by atoms with Gasteiger partial charge in [-0.05, 0) is 31.5 Å². The number of hydrogen-bond donors (Lipinski definition) is 1. The average Bonchev–Trinajstić information content (AvgIpc) is 3.16. The van der Waals surface area contributed by atoms with Crippen LogP contribution in [0.5, 0.6) is 0 Å². The first-order valence-electron chi connectivity index (χ1n) is 7.85. The van der Waals surface area contributed by atoms with E-state index in [-0.39, 0.29) is 11.7 Å². The highest BCUT2D eigenvalue weighted by molar-refractivity contribution is 7.22. The Morgan fingerprint density at radius 2 is 2.04 bits per heavy atom. The van der Waals surface area contributed by atoms with E-state index >= 15 is 0 Å². The predicted octanol–water partition coefficient (Wildman–Crippen LogP) is 4.47. The number of aryl methyl sites for hydroxylation is 1.